The van der Waals surface area contributed by atoms with Gasteiger partial charge in [-0.15, -0.1) is 11.3 Å². The highest BCUT2D eigenvalue weighted by atomic mass is 32.1. The van der Waals surface area contributed by atoms with E-state index in [1.807, 2.05) is 12.1 Å². The predicted octanol–water partition coefficient (Wildman–Crippen LogP) is 3.19. The van der Waals surface area contributed by atoms with Gasteiger partial charge in [-0.25, -0.2) is 4.98 Å². The van der Waals surface area contributed by atoms with Gasteiger partial charge >= 0.3 is 0 Å². The second-order valence-electron chi connectivity index (χ2n) is 5.94. The second kappa shape index (κ2) is 8.33. The zero-order valence-corrected chi connectivity index (χ0v) is 16.1. The van der Waals surface area contributed by atoms with E-state index in [4.69, 9.17) is 9.47 Å². The van der Waals surface area contributed by atoms with Crippen molar-refractivity contribution in [1.82, 2.24) is 9.88 Å². The lowest BCUT2D eigenvalue weighted by molar-refractivity contribution is -0.111. The van der Waals surface area contributed by atoms with Crippen LogP contribution < -0.4 is 14.8 Å². The number of rotatable bonds is 6. The number of hydrogen-bond acceptors (Lipinski definition) is 6. The Morgan fingerprint density at radius 1 is 1.38 bits per heavy atom. The number of benzene rings is 1. The van der Waals surface area contributed by atoms with Gasteiger partial charge in [0.15, 0.2) is 5.13 Å². The summed E-state index contributed by atoms with van der Waals surface area (Å²) < 4.78 is 10.5. The van der Waals surface area contributed by atoms with E-state index in [1.54, 1.807) is 37.7 Å². The SMILES string of the molecule is CCN1CCc2nc(NC(=O)/C=C/c3ccc(OC)cc3OC)sc2C1. The zero-order chi connectivity index (χ0) is 18.5. The molecule has 0 aliphatic carbocycles. The van der Waals surface area contributed by atoms with Crippen LogP contribution in [0.2, 0.25) is 0 Å². The summed E-state index contributed by atoms with van der Waals surface area (Å²) >= 11 is 1.56. The minimum atomic E-state index is -0.207. The third kappa shape index (κ3) is 4.23. The first-order valence-corrected chi connectivity index (χ1v) is 9.36. The van der Waals surface area contributed by atoms with Crippen LogP contribution in [-0.4, -0.2) is 43.1 Å². The van der Waals surface area contributed by atoms with Crippen molar-refractivity contribution in [3.05, 3.63) is 40.4 Å². The molecule has 0 saturated heterocycles. The van der Waals surface area contributed by atoms with Gasteiger partial charge in [0.1, 0.15) is 11.5 Å². The molecule has 3 rings (SSSR count). The molecule has 2 aromatic rings. The maximum Gasteiger partial charge on any atom is 0.250 e. The van der Waals surface area contributed by atoms with E-state index in [2.05, 4.69) is 22.1 Å². The normalized spacial score (nSPS) is 14.3. The number of carbonyl (C=O) groups excluding carboxylic acids is 1. The van der Waals surface area contributed by atoms with Crippen LogP contribution in [0.15, 0.2) is 24.3 Å². The van der Waals surface area contributed by atoms with E-state index in [1.165, 1.54) is 11.0 Å². The van der Waals surface area contributed by atoms with Crippen LogP contribution in [0.1, 0.15) is 23.1 Å². The Labute approximate surface area is 157 Å². The van der Waals surface area contributed by atoms with Crippen LogP contribution in [0.25, 0.3) is 6.08 Å². The average Bonchev–Trinajstić information content (AvgIpc) is 3.07. The van der Waals surface area contributed by atoms with Crippen LogP contribution in [0.5, 0.6) is 11.5 Å². The number of nitrogens with zero attached hydrogens (tertiary/aromatic N) is 2. The molecular weight excluding hydrogens is 350 g/mol. The predicted molar refractivity (Wildman–Crippen MR) is 104 cm³/mol. The topological polar surface area (TPSA) is 63.7 Å². The molecule has 1 aliphatic rings. The van der Waals surface area contributed by atoms with Crippen molar-refractivity contribution in [2.24, 2.45) is 0 Å². The average molecular weight is 373 g/mol. The number of fused-ring (bicyclic) bond motifs is 1. The third-order valence-corrected chi connectivity index (χ3v) is 5.34. The van der Waals surface area contributed by atoms with Crippen molar-refractivity contribution >= 4 is 28.5 Å². The van der Waals surface area contributed by atoms with E-state index in [-0.39, 0.29) is 5.91 Å². The van der Waals surface area contributed by atoms with Gasteiger partial charge in [-0.2, -0.15) is 0 Å². The molecule has 2 heterocycles. The summed E-state index contributed by atoms with van der Waals surface area (Å²) in [5.41, 5.74) is 1.91. The summed E-state index contributed by atoms with van der Waals surface area (Å²) in [5.74, 6) is 1.15. The highest BCUT2D eigenvalue weighted by Crippen LogP contribution is 2.28. The number of anilines is 1. The zero-order valence-electron chi connectivity index (χ0n) is 15.2. The van der Waals surface area contributed by atoms with E-state index in [0.717, 1.165) is 37.3 Å². The molecule has 0 fully saturated rings. The maximum absolute atomic E-state index is 12.2. The fraction of sp³-hybridized carbons (Fsp3) is 0.368. The van der Waals surface area contributed by atoms with Gasteiger partial charge in [-0.05, 0) is 24.8 Å². The molecule has 26 heavy (non-hydrogen) atoms. The van der Waals surface area contributed by atoms with Gasteiger partial charge in [-0.1, -0.05) is 6.92 Å². The molecule has 0 radical (unpaired) electrons. The lowest BCUT2D eigenvalue weighted by Gasteiger charge is -2.23. The summed E-state index contributed by atoms with van der Waals surface area (Å²) in [5, 5.41) is 3.52. The summed E-state index contributed by atoms with van der Waals surface area (Å²) in [7, 11) is 3.19. The number of nitrogens with one attached hydrogen (secondary N) is 1. The van der Waals surface area contributed by atoms with Crippen LogP contribution in [-0.2, 0) is 17.8 Å². The first-order chi connectivity index (χ1) is 12.6. The van der Waals surface area contributed by atoms with Crippen LogP contribution in [0.3, 0.4) is 0 Å². The third-order valence-electron chi connectivity index (χ3n) is 4.34. The van der Waals surface area contributed by atoms with Gasteiger partial charge in [0, 0.05) is 42.1 Å². The smallest absolute Gasteiger partial charge is 0.250 e. The summed E-state index contributed by atoms with van der Waals surface area (Å²) in [6, 6.07) is 5.46. The number of hydrogen-bond donors (Lipinski definition) is 1. The molecule has 0 spiro atoms. The molecule has 0 saturated carbocycles. The van der Waals surface area contributed by atoms with Crippen molar-refractivity contribution in [2.45, 2.75) is 19.9 Å². The molecule has 138 valence electrons. The summed E-state index contributed by atoms with van der Waals surface area (Å²) in [6.45, 7) is 5.13. The number of methoxy groups -OCH3 is 2. The van der Waals surface area contributed by atoms with E-state index >= 15 is 0 Å². The van der Waals surface area contributed by atoms with Gasteiger partial charge < -0.3 is 9.47 Å². The molecule has 1 aromatic heterocycles. The van der Waals surface area contributed by atoms with Gasteiger partial charge in [-0.3, -0.25) is 15.0 Å². The molecule has 0 unspecified atom stereocenters. The van der Waals surface area contributed by atoms with Crippen molar-refractivity contribution in [3.63, 3.8) is 0 Å². The van der Waals surface area contributed by atoms with E-state index < -0.39 is 0 Å². The molecule has 1 aliphatic heterocycles. The Morgan fingerprint density at radius 3 is 2.96 bits per heavy atom. The van der Waals surface area contributed by atoms with Crippen molar-refractivity contribution < 1.29 is 14.3 Å². The minimum absolute atomic E-state index is 0.207. The van der Waals surface area contributed by atoms with Crippen molar-refractivity contribution in [2.75, 3.05) is 32.6 Å². The summed E-state index contributed by atoms with van der Waals surface area (Å²) in [6.07, 6.45) is 4.15. The molecule has 7 heteroatoms. The minimum Gasteiger partial charge on any atom is -0.497 e. The van der Waals surface area contributed by atoms with Gasteiger partial charge in [0.05, 0.1) is 19.9 Å². The fourth-order valence-electron chi connectivity index (χ4n) is 2.84. The number of thiazole rings is 1. The number of ether oxygens (including phenoxy) is 2. The highest BCUT2D eigenvalue weighted by molar-refractivity contribution is 7.15. The highest BCUT2D eigenvalue weighted by Gasteiger charge is 2.20. The molecule has 0 bridgehead atoms. The number of likely N-dealkylation sites (N-methyl/N-ethyl adjacent to an activating group) is 1. The largest absolute Gasteiger partial charge is 0.497 e. The van der Waals surface area contributed by atoms with E-state index in [0.29, 0.717) is 16.6 Å². The monoisotopic (exact) mass is 373 g/mol. The number of carbonyl (C=O) groups is 1. The van der Waals surface area contributed by atoms with Crippen molar-refractivity contribution in [3.8, 4) is 11.5 Å². The Hall–Kier alpha value is -2.38. The van der Waals surface area contributed by atoms with Crippen LogP contribution in [0, 0.1) is 0 Å². The number of amides is 1. The Bertz CT molecular complexity index is 816. The Balaban J connectivity index is 1.66. The summed E-state index contributed by atoms with van der Waals surface area (Å²) in [4.78, 5) is 20.4. The lowest BCUT2D eigenvalue weighted by Crippen LogP contribution is -2.29. The molecule has 0 atom stereocenters. The second-order valence-corrected chi connectivity index (χ2v) is 7.02. The van der Waals surface area contributed by atoms with Gasteiger partial charge in [0.2, 0.25) is 5.91 Å². The first-order valence-electron chi connectivity index (χ1n) is 8.55. The quantitative estimate of drug-likeness (QED) is 0.788. The molecule has 6 nitrogen and oxygen atoms in total. The Kier molecular flexibility index (Phi) is 5.90. The Morgan fingerprint density at radius 2 is 2.23 bits per heavy atom. The maximum atomic E-state index is 12.2. The van der Waals surface area contributed by atoms with E-state index in [9.17, 15) is 4.79 Å². The molecule has 1 N–H and O–H groups in total. The van der Waals surface area contributed by atoms with Crippen molar-refractivity contribution in [1.29, 1.82) is 0 Å². The molecule has 1 aromatic carbocycles. The molecule has 1 amide bonds. The van der Waals surface area contributed by atoms with Crippen LogP contribution >= 0.6 is 11.3 Å². The fourth-order valence-corrected chi connectivity index (χ4v) is 3.89. The molecular formula is C19H23N3O3S. The lowest BCUT2D eigenvalue weighted by atomic mass is 10.1. The van der Waals surface area contributed by atoms with Gasteiger partial charge in [0.25, 0.3) is 0 Å². The van der Waals surface area contributed by atoms with Crippen LogP contribution in [0.4, 0.5) is 5.13 Å². The standard InChI is InChI=1S/C19H23N3O3S/c1-4-22-10-9-15-17(12-22)26-19(20-15)21-18(23)8-6-13-5-7-14(24-2)11-16(13)25-3/h5-8,11H,4,9-10,12H2,1-3H3,(H,20,21,23)/b8-6+. The number of aromatic nitrogens is 1. The first kappa shape index (κ1) is 18.4.